The number of carbonyl (C=O) groups excluding carboxylic acids is 1. The van der Waals surface area contributed by atoms with Gasteiger partial charge in [0.05, 0.1) is 11.3 Å². The minimum absolute atomic E-state index is 0.111. The predicted molar refractivity (Wildman–Crippen MR) is 81.9 cm³/mol. The molecule has 0 saturated carbocycles. The van der Waals surface area contributed by atoms with Gasteiger partial charge in [0.25, 0.3) is 5.91 Å². The van der Waals surface area contributed by atoms with Crippen LogP contribution in [0.3, 0.4) is 0 Å². The molecule has 2 aromatic carbocycles. The topological polar surface area (TPSA) is 61.7 Å². The van der Waals surface area contributed by atoms with E-state index in [9.17, 15) is 14.3 Å². The fraction of sp³-hybridized carbons (Fsp3) is 0.0667. The molecular weight excluding hydrogens is 339 g/mol. The number of benzene rings is 2. The Kier molecular flexibility index (Phi) is 4.70. The summed E-state index contributed by atoms with van der Waals surface area (Å²) in [7, 11) is 0. The van der Waals surface area contributed by atoms with E-state index in [0.29, 0.717) is 15.7 Å². The molecule has 1 amide bonds. The first kappa shape index (κ1) is 15.2. The van der Waals surface area contributed by atoms with Crippen molar-refractivity contribution < 1.29 is 14.3 Å². The standard InChI is InChI=1S/C15H12BrFN2O2/c1-9(10-2-5-12(17)6-3-10)18-19-15(21)13-8-11(16)4-7-14(13)20/h2-8,20H,1H3,(H,19,21)/b18-9+. The summed E-state index contributed by atoms with van der Waals surface area (Å²) < 4.78 is 13.5. The lowest BCUT2D eigenvalue weighted by molar-refractivity contribution is 0.0952. The van der Waals surface area contributed by atoms with Crippen LogP contribution in [-0.2, 0) is 0 Å². The minimum Gasteiger partial charge on any atom is -0.507 e. The molecule has 2 rings (SSSR count). The summed E-state index contributed by atoms with van der Waals surface area (Å²) in [5, 5.41) is 13.6. The van der Waals surface area contributed by atoms with Crippen molar-refractivity contribution in [3.05, 3.63) is 63.9 Å². The van der Waals surface area contributed by atoms with E-state index in [2.05, 4.69) is 26.5 Å². The van der Waals surface area contributed by atoms with Gasteiger partial charge in [-0.25, -0.2) is 9.82 Å². The highest BCUT2D eigenvalue weighted by Crippen LogP contribution is 2.21. The molecule has 0 atom stereocenters. The quantitative estimate of drug-likeness (QED) is 0.657. The van der Waals surface area contributed by atoms with Gasteiger partial charge in [0.1, 0.15) is 11.6 Å². The third-order valence-electron chi connectivity index (χ3n) is 2.79. The molecule has 0 saturated heterocycles. The highest BCUT2D eigenvalue weighted by Gasteiger charge is 2.11. The molecule has 108 valence electrons. The number of hydrogen-bond donors (Lipinski definition) is 2. The number of nitrogens with one attached hydrogen (secondary N) is 1. The van der Waals surface area contributed by atoms with Gasteiger partial charge in [-0.1, -0.05) is 28.1 Å². The summed E-state index contributed by atoms with van der Waals surface area (Å²) in [4.78, 5) is 11.9. The van der Waals surface area contributed by atoms with E-state index in [0.717, 1.165) is 0 Å². The van der Waals surface area contributed by atoms with Gasteiger partial charge in [-0.3, -0.25) is 4.79 Å². The fourth-order valence-electron chi connectivity index (χ4n) is 1.64. The number of aromatic hydroxyl groups is 1. The van der Waals surface area contributed by atoms with Crippen molar-refractivity contribution in [3.63, 3.8) is 0 Å². The van der Waals surface area contributed by atoms with Crippen molar-refractivity contribution in [2.24, 2.45) is 5.10 Å². The zero-order valence-electron chi connectivity index (χ0n) is 11.1. The van der Waals surface area contributed by atoms with E-state index in [1.54, 1.807) is 25.1 Å². The van der Waals surface area contributed by atoms with Crippen LogP contribution < -0.4 is 5.43 Å². The van der Waals surface area contributed by atoms with Gasteiger partial charge in [-0.2, -0.15) is 5.10 Å². The van der Waals surface area contributed by atoms with Crippen molar-refractivity contribution in [3.8, 4) is 5.75 Å². The monoisotopic (exact) mass is 350 g/mol. The number of phenols is 1. The molecule has 0 fully saturated rings. The number of hydrazone groups is 1. The predicted octanol–water partition coefficient (Wildman–Crippen LogP) is 3.45. The second kappa shape index (κ2) is 6.49. The lowest BCUT2D eigenvalue weighted by Crippen LogP contribution is -2.19. The zero-order chi connectivity index (χ0) is 15.4. The second-order valence-electron chi connectivity index (χ2n) is 4.31. The molecule has 0 bridgehead atoms. The van der Waals surface area contributed by atoms with Crippen LogP contribution in [0, 0.1) is 5.82 Å². The van der Waals surface area contributed by atoms with E-state index in [4.69, 9.17) is 0 Å². The van der Waals surface area contributed by atoms with Gasteiger partial charge < -0.3 is 5.11 Å². The van der Waals surface area contributed by atoms with Gasteiger partial charge in [0.2, 0.25) is 0 Å². The smallest absolute Gasteiger partial charge is 0.275 e. The third kappa shape index (κ3) is 3.88. The molecule has 0 unspecified atom stereocenters. The molecule has 0 heterocycles. The number of phenolic OH excluding ortho intramolecular Hbond substituents is 1. The van der Waals surface area contributed by atoms with E-state index < -0.39 is 5.91 Å². The first-order valence-electron chi connectivity index (χ1n) is 6.06. The molecule has 0 spiro atoms. The Labute approximate surface area is 129 Å². The molecule has 21 heavy (non-hydrogen) atoms. The van der Waals surface area contributed by atoms with Crippen LogP contribution in [0.5, 0.6) is 5.75 Å². The van der Waals surface area contributed by atoms with Gasteiger partial charge in [0, 0.05) is 4.47 Å². The maximum Gasteiger partial charge on any atom is 0.275 e. The number of hydrogen-bond acceptors (Lipinski definition) is 3. The molecule has 0 aliphatic heterocycles. The van der Waals surface area contributed by atoms with Crippen LogP contribution in [-0.4, -0.2) is 16.7 Å². The van der Waals surface area contributed by atoms with Crippen LogP contribution >= 0.6 is 15.9 Å². The largest absolute Gasteiger partial charge is 0.507 e. The van der Waals surface area contributed by atoms with Crippen molar-refractivity contribution in [2.45, 2.75) is 6.92 Å². The summed E-state index contributed by atoms with van der Waals surface area (Å²) >= 11 is 3.23. The average Bonchev–Trinajstić information content (AvgIpc) is 2.47. The van der Waals surface area contributed by atoms with E-state index in [-0.39, 0.29) is 17.1 Å². The fourth-order valence-corrected chi connectivity index (χ4v) is 2.00. The van der Waals surface area contributed by atoms with Crippen molar-refractivity contribution >= 4 is 27.5 Å². The summed E-state index contributed by atoms with van der Waals surface area (Å²) in [5.74, 6) is -1.00. The SMILES string of the molecule is C/C(=N\NC(=O)c1cc(Br)ccc1O)c1ccc(F)cc1. The van der Waals surface area contributed by atoms with Gasteiger partial charge in [-0.05, 0) is 42.8 Å². The highest BCUT2D eigenvalue weighted by atomic mass is 79.9. The number of rotatable bonds is 3. The first-order chi connectivity index (χ1) is 9.97. The molecule has 2 N–H and O–H groups in total. The average molecular weight is 351 g/mol. The molecule has 0 radical (unpaired) electrons. The molecular formula is C15H12BrFN2O2. The maximum atomic E-state index is 12.8. The Balaban J connectivity index is 2.14. The molecule has 0 aromatic heterocycles. The second-order valence-corrected chi connectivity index (χ2v) is 5.22. The molecule has 0 aliphatic carbocycles. The summed E-state index contributed by atoms with van der Waals surface area (Å²) in [6.07, 6.45) is 0. The Morgan fingerprint density at radius 3 is 2.57 bits per heavy atom. The van der Waals surface area contributed by atoms with Crippen LogP contribution in [0.15, 0.2) is 52.0 Å². The molecule has 6 heteroatoms. The lowest BCUT2D eigenvalue weighted by atomic mass is 10.1. The summed E-state index contributed by atoms with van der Waals surface area (Å²) in [6.45, 7) is 1.69. The lowest BCUT2D eigenvalue weighted by Gasteiger charge is -2.05. The van der Waals surface area contributed by atoms with Crippen LogP contribution in [0.2, 0.25) is 0 Å². The Morgan fingerprint density at radius 2 is 1.90 bits per heavy atom. The minimum atomic E-state index is -0.532. The molecule has 2 aromatic rings. The zero-order valence-corrected chi connectivity index (χ0v) is 12.7. The van der Waals surface area contributed by atoms with Crippen molar-refractivity contribution in [2.75, 3.05) is 0 Å². The Bertz CT molecular complexity index is 699. The van der Waals surface area contributed by atoms with Crippen molar-refractivity contribution in [1.82, 2.24) is 5.43 Å². The number of amides is 1. The normalized spacial score (nSPS) is 11.3. The Hall–Kier alpha value is -2.21. The number of nitrogens with zero attached hydrogens (tertiary/aromatic N) is 1. The van der Waals surface area contributed by atoms with E-state index in [1.807, 2.05) is 0 Å². The van der Waals surface area contributed by atoms with Gasteiger partial charge in [0.15, 0.2) is 0 Å². The maximum absolute atomic E-state index is 12.8. The molecule has 4 nitrogen and oxygen atoms in total. The Morgan fingerprint density at radius 1 is 1.24 bits per heavy atom. The van der Waals surface area contributed by atoms with Crippen LogP contribution in [0.25, 0.3) is 0 Å². The van der Waals surface area contributed by atoms with Crippen LogP contribution in [0.4, 0.5) is 4.39 Å². The first-order valence-corrected chi connectivity index (χ1v) is 6.86. The van der Waals surface area contributed by atoms with Gasteiger partial charge >= 0.3 is 0 Å². The van der Waals surface area contributed by atoms with E-state index in [1.165, 1.54) is 24.3 Å². The third-order valence-corrected chi connectivity index (χ3v) is 3.28. The summed E-state index contributed by atoms with van der Waals surface area (Å²) in [6, 6.07) is 10.3. The van der Waals surface area contributed by atoms with Crippen molar-refractivity contribution in [1.29, 1.82) is 0 Å². The summed E-state index contributed by atoms with van der Waals surface area (Å²) in [5.41, 5.74) is 3.68. The van der Waals surface area contributed by atoms with Crippen LogP contribution in [0.1, 0.15) is 22.8 Å². The highest BCUT2D eigenvalue weighted by molar-refractivity contribution is 9.10. The van der Waals surface area contributed by atoms with E-state index >= 15 is 0 Å². The van der Waals surface area contributed by atoms with Gasteiger partial charge in [-0.15, -0.1) is 0 Å². The number of halogens is 2. The molecule has 0 aliphatic rings. The number of carbonyl (C=O) groups is 1.